The van der Waals surface area contributed by atoms with Crippen LogP contribution in [0.25, 0.3) is 22.0 Å². The number of nitrogens with one attached hydrogen (secondary N) is 2. The maximum absolute atomic E-state index is 16.2. The van der Waals surface area contributed by atoms with Crippen LogP contribution >= 0.6 is 11.6 Å². The number of benzene rings is 2. The van der Waals surface area contributed by atoms with E-state index in [9.17, 15) is 9.50 Å². The van der Waals surface area contributed by atoms with Crippen LogP contribution in [0.5, 0.6) is 11.8 Å². The Morgan fingerprint density at radius 3 is 2.75 bits per heavy atom. The first kappa shape index (κ1) is 28.7. The molecular formula is C29H37ClF2N6O2. The summed E-state index contributed by atoms with van der Waals surface area (Å²) in [5, 5.41) is 17.7. The van der Waals surface area contributed by atoms with Gasteiger partial charge in [0.15, 0.2) is 5.82 Å². The Balaban J connectivity index is 1.51. The van der Waals surface area contributed by atoms with Crippen molar-refractivity contribution in [1.29, 1.82) is 0 Å². The van der Waals surface area contributed by atoms with Gasteiger partial charge in [-0.05, 0) is 44.0 Å². The number of phenols is 1. The Labute approximate surface area is 238 Å². The van der Waals surface area contributed by atoms with Crippen molar-refractivity contribution in [1.82, 2.24) is 25.5 Å². The molecular weight excluding hydrogens is 538 g/mol. The van der Waals surface area contributed by atoms with Crippen molar-refractivity contribution in [3.8, 4) is 22.9 Å². The van der Waals surface area contributed by atoms with Gasteiger partial charge in [-0.2, -0.15) is 9.97 Å². The molecule has 0 aliphatic carbocycles. The second kappa shape index (κ2) is 11.6. The van der Waals surface area contributed by atoms with Crippen LogP contribution in [0.4, 0.5) is 14.6 Å². The molecule has 1 aromatic heterocycles. The van der Waals surface area contributed by atoms with E-state index < -0.39 is 17.4 Å². The molecule has 3 N–H and O–H groups in total. The third kappa shape index (κ3) is 5.54. The molecule has 3 aromatic rings. The van der Waals surface area contributed by atoms with E-state index in [0.717, 1.165) is 38.7 Å². The number of ether oxygens (including phenoxy) is 1. The van der Waals surface area contributed by atoms with Crippen LogP contribution in [0, 0.1) is 17.0 Å². The second-order valence-corrected chi connectivity index (χ2v) is 11.7. The minimum atomic E-state index is -0.841. The number of anilines is 1. The molecule has 0 amide bonds. The molecule has 2 saturated heterocycles. The predicted molar refractivity (Wildman–Crippen MR) is 154 cm³/mol. The van der Waals surface area contributed by atoms with E-state index in [4.69, 9.17) is 21.3 Å². The zero-order valence-corrected chi connectivity index (χ0v) is 24.2. The van der Waals surface area contributed by atoms with Gasteiger partial charge in [-0.3, -0.25) is 4.90 Å². The van der Waals surface area contributed by atoms with Crippen molar-refractivity contribution in [2.75, 3.05) is 51.3 Å². The van der Waals surface area contributed by atoms with Gasteiger partial charge in [0.2, 0.25) is 0 Å². The van der Waals surface area contributed by atoms with Crippen molar-refractivity contribution in [3.05, 3.63) is 40.9 Å². The highest BCUT2D eigenvalue weighted by molar-refractivity contribution is 6.34. The number of aromatic hydroxyl groups is 1. The van der Waals surface area contributed by atoms with E-state index in [2.05, 4.69) is 53.2 Å². The van der Waals surface area contributed by atoms with Gasteiger partial charge in [0.1, 0.15) is 22.9 Å². The Morgan fingerprint density at radius 1 is 1.25 bits per heavy atom. The number of rotatable bonds is 7. The zero-order chi connectivity index (χ0) is 28.6. The molecule has 3 atom stereocenters. The van der Waals surface area contributed by atoms with Gasteiger partial charge in [0.05, 0.1) is 23.4 Å². The Morgan fingerprint density at radius 2 is 2.05 bits per heavy atom. The molecule has 0 spiro atoms. The summed E-state index contributed by atoms with van der Waals surface area (Å²) in [6.45, 7) is 10.9. The van der Waals surface area contributed by atoms with Crippen molar-refractivity contribution in [3.63, 3.8) is 0 Å². The topological polar surface area (TPSA) is 85.8 Å². The zero-order valence-electron chi connectivity index (χ0n) is 23.4. The van der Waals surface area contributed by atoms with Crippen LogP contribution in [-0.4, -0.2) is 78.6 Å². The van der Waals surface area contributed by atoms with Crippen LogP contribution in [0.3, 0.4) is 0 Å². The second-order valence-electron chi connectivity index (χ2n) is 11.3. The van der Waals surface area contributed by atoms with Gasteiger partial charge in [0.25, 0.3) is 0 Å². The molecule has 40 heavy (non-hydrogen) atoms. The SMILES string of the molecule is CCC1(C)CNC(CCOc2nc(N3CCNC[C@@H]3C)c3cc(Cl)c(-c4c(O)cccc4F)c(F)c3n2)N(C)C1. The predicted octanol–water partition coefficient (Wildman–Crippen LogP) is 4.78. The number of aromatic nitrogens is 2. The van der Waals surface area contributed by atoms with Gasteiger partial charge in [-0.15, -0.1) is 0 Å². The fourth-order valence-electron chi connectivity index (χ4n) is 5.70. The van der Waals surface area contributed by atoms with Gasteiger partial charge < -0.3 is 25.4 Å². The van der Waals surface area contributed by atoms with E-state index in [0.29, 0.717) is 30.8 Å². The third-order valence-corrected chi connectivity index (χ3v) is 8.56. The van der Waals surface area contributed by atoms with Crippen LogP contribution in [0.15, 0.2) is 24.3 Å². The first-order valence-electron chi connectivity index (χ1n) is 13.8. The smallest absolute Gasteiger partial charge is 0.319 e. The lowest BCUT2D eigenvalue weighted by atomic mass is 9.85. The summed E-state index contributed by atoms with van der Waals surface area (Å²) in [6.07, 6.45) is 1.92. The quantitative estimate of drug-likeness (QED) is 0.372. The number of piperazine rings is 1. The number of fused-ring (bicyclic) bond motifs is 1. The molecule has 11 heteroatoms. The standard InChI is InChI=1S/C29H37ClF2N6O2/c1-5-29(3)15-34-22(37(4)16-29)9-12-40-28-35-26-18(27(36-28)38-11-10-33-14-17(38)2)13-19(30)23(25(26)32)24-20(31)7-6-8-21(24)39/h6-8,13,17,22,33-34,39H,5,9-12,14-16H2,1-4H3/t17-,22?,29?/m0/s1. The third-order valence-electron chi connectivity index (χ3n) is 8.26. The average molecular weight is 575 g/mol. The van der Waals surface area contributed by atoms with Crippen molar-refractivity contribution in [2.45, 2.75) is 45.8 Å². The molecule has 0 saturated carbocycles. The maximum atomic E-state index is 16.2. The van der Waals surface area contributed by atoms with E-state index in [-0.39, 0.29) is 45.3 Å². The summed E-state index contributed by atoms with van der Waals surface area (Å²) in [6, 6.07) is 5.44. The molecule has 2 aliphatic heterocycles. The maximum Gasteiger partial charge on any atom is 0.319 e. The molecule has 2 aromatic carbocycles. The van der Waals surface area contributed by atoms with Crippen LogP contribution in [-0.2, 0) is 0 Å². The number of nitrogens with zero attached hydrogens (tertiary/aromatic N) is 4. The van der Waals surface area contributed by atoms with Crippen molar-refractivity contribution in [2.24, 2.45) is 5.41 Å². The summed E-state index contributed by atoms with van der Waals surface area (Å²) in [5.41, 5.74) is -0.373. The fourth-order valence-corrected chi connectivity index (χ4v) is 5.98. The molecule has 8 nitrogen and oxygen atoms in total. The molecule has 0 radical (unpaired) electrons. The lowest BCUT2D eigenvalue weighted by Gasteiger charge is -2.44. The highest BCUT2D eigenvalue weighted by atomic mass is 35.5. The lowest BCUT2D eigenvalue weighted by Crippen LogP contribution is -2.57. The molecule has 2 unspecified atom stereocenters. The highest BCUT2D eigenvalue weighted by Crippen LogP contribution is 2.43. The van der Waals surface area contributed by atoms with Crippen LogP contribution in [0.2, 0.25) is 5.02 Å². The van der Waals surface area contributed by atoms with Crippen LogP contribution < -0.4 is 20.3 Å². The Hall–Kier alpha value is -2.79. The molecule has 5 rings (SSSR count). The average Bonchev–Trinajstić information content (AvgIpc) is 2.92. The number of hydrogen-bond acceptors (Lipinski definition) is 8. The molecule has 0 bridgehead atoms. The van der Waals surface area contributed by atoms with Crippen molar-refractivity contribution >= 4 is 28.3 Å². The largest absolute Gasteiger partial charge is 0.507 e. The van der Waals surface area contributed by atoms with Gasteiger partial charge in [0, 0.05) is 56.1 Å². The number of halogens is 3. The summed E-state index contributed by atoms with van der Waals surface area (Å²) in [7, 11) is 2.10. The van der Waals surface area contributed by atoms with E-state index in [1.54, 1.807) is 6.07 Å². The van der Waals surface area contributed by atoms with Gasteiger partial charge in [-0.1, -0.05) is 31.5 Å². The molecule has 216 valence electrons. The Bertz CT molecular complexity index is 1370. The summed E-state index contributed by atoms with van der Waals surface area (Å²) >= 11 is 6.54. The fraction of sp³-hybridized carbons (Fsp3) is 0.517. The molecule has 3 heterocycles. The number of phenolic OH excluding ortho intramolecular Hbond substituents is 1. The normalized spacial score (nSPS) is 24.0. The van der Waals surface area contributed by atoms with E-state index in [1.165, 1.54) is 12.1 Å². The van der Waals surface area contributed by atoms with E-state index in [1.807, 2.05) is 0 Å². The monoisotopic (exact) mass is 574 g/mol. The minimum absolute atomic E-state index is 0.0371. The van der Waals surface area contributed by atoms with Crippen LogP contribution in [0.1, 0.15) is 33.6 Å². The van der Waals surface area contributed by atoms with Gasteiger partial charge >= 0.3 is 6.01 Å². The summed E-state index contributed by atoms with van der Waals surface area (Å²) in [4.78, 5) is 13.5. The minimum Gasteiger partial charge on any atom is -0.507 e. The first-order chi connectivity index (χ1) is 19.1. The Kier molecular flexibility index (Phi) is 8.33. The lowest BCUT2D eigenvalue weighted by molar-refractivity contribution is 0.0517. The first-order valence-corrected chi connectivity index (χ1v) is 14.2. The number of hydrogen-bond donors (Lipinski definition) is 3. The van der Waals surface area contributed by atoms with E-state index >= 15 is 4.39 Å². The summed E-state index contributed by atoms with van der Waals surface area (Å²) < 4.78 is 37.0. The molecule has 2 fully saturated rings. The highest BCUT2D eigenvalue weighted by Gasteiger charge is 2.33. The summed E-state index contributed by atoms with van der Waals surface area (Å²) in [5.74, 6) is -1.53. The van der Waals surface area contributed by atoms with Gasteiger partial charge in [-0.25, -0.2) is 8.78 Å². The van der Waals surface area contributed by atoms with Crippen molar-refractivity contribution < 1.29 is 18.6 Å². The molecule has 2 aliphatic rings.